The lowest BCUT2D eigenvalue weighted by atomic mass is 10.1. The molecule has 0 aliphatic heterocycles. The van der Waals surface area contributed by atoms with E-state index < -0.39 is 0 Å². The predicted molar refractivity (Wildman–Crippen MR) is 80.9 cm³/mol. The first-order chi connectivity index (χ1) is 9.21. The van der Waals surface area contributed by atoms with Gasteiger partial charge in [0.2, 0.25) is 0 Å². The van der Waals surface area contributed by atoms with Crippen molar-refractivity contribution in [3.8, 4) is 0 Å². The maximum atomic E-state index is 9.00. The standard InChI is InChI=1S/C15H25N3O/c1-12(15(17-2)5-3-4-10-16)18-14-8-6-13(11-19)7-9-14/h6-9,15,17-19H,1,3-5,10-11,16H2,2H3. The molecule has 0 aliphatic rings. The number of benzene rings is 1. The van der Waals surface area contributed by atoms with Crippen molar-refractivity contribution in [3.63, 3.8) is 0 Å². The molecule has 19 heavy (non-hydrogen) atoms. The normalized spacial score (nSPS) is 12.2. The van der Waals surface area contributed by atoms with Gasteiger partial charge in [-0.2, -0.15) is 0 Å². The molecule has 0 heterocycles. The van der Waals surface area contributed by atoms with E-state index in [0.717, 1.165) is 42.8 Å². The van der Waals surface area contributed by atoms with E-state index in [1.165, 1.54) is 0 Å². The lowest BCUT2D eigenvalue weighted by Crippen LogP contribution is -2.30. The third kappa shape index (κ3) is 5.42. The van der Waals surface area contributed by atoms with Gasteiger partial charge in [-0.25, -0.2) is 0 Å². The summed E-state index contributed by atoms with van der Waals surface area (Å²) in [6.07, 6.45) is 3.15. The van der Waals surface area contributed by atoms with Crippen molar-refractivity contribution in [1.82, 2.24) is 5.32 Å². The fourth-order valence-corrected chi connectivity index (χ4v) is 1.95. The minimum atomic E-state index is 0.0689. The first-order valence-corrected chi connectivity index (χ1v) is 6.74. The molecule has 1 aromatic rings. The second kappa shape index (κ2) is 8.69. The minimum Gasteiger partial charge on any atom is -0.392 e. The molecule has 0 radical (unpaired) electrons. The van der Waals surface area contributed by atoms with Crippen LogP contribution in [0.5, 0.6) is 0 Å². The molecule has 0 saturated carbocycles. The Bertz CT molecular complexity index is 375. The van der Waals surface area contributed by atoms with Crippen LogP contribution in [0, 0.1) is 0 Å². The van der Waals surface area contributed by atoms with E-state index in [4.69, 9.17) is 10.8 Å². The summed E-state index contributed by atoms with van der Waals surface area (Å²) in [5.74, 6) is 0. The van der Waals surface area contributed by atoms with Gasteiger partial charge in [0.1, 0.15) is 0 Å². The maximum Gasteiger partial charge on any atom is 0.0681 e. The van der Waals surface area contributed by atoms with Crippen LogP contribution in [-0.4, -0.2) is 24.7 Å². The highest BCUT2D eigenvalue weighted by Gasteiger charge is 2.09. The highest BCUT2D eigenvalue weighted by Crippen LogP contribution is 2.15. The van der Waals surface area contributed by atoms with Crippen molar-refractivity contribution in [2.45, 2.75) is 31.9 Å². The van der Waals surface area contributed by atoms with Crippen LogP contribution in [-0.2, 0) is 6.61 Å². The number of hydrogen-bond acceptors (Lipinski definition) is 4. The van der Waals surface area contributed by atoms with Crippen molar-refractivity contribution in [1.29, 1.82) is 0 Å². The smallest absolute Gasteiger partial charge is 0.0681 e. The molecule has 1 atom stereocenters. The molecule has 0 aromatic heterocycles. The zero-order valence-corrected chi connectivity index (χ0v) is 11.7. The molecule has 0 spiro atoms. The van der Waals surface area contributed by atoms with Gasteiger partial charge in [0.15, 0.2) is 0 Å². The Morgan fingerprint density at radius 3 is 2.53 bits per heavy atom. The average molecular weight is 263 g/mol. The van der Waals surface area contributed by atoms with E-state index in [-0.39, 0.29) is 12.6 Å². The summed E-state index contributed by atoms with van der Waals surface area (Å²) in [5.41, 5.74) is 8.35. The largest absolute Gasteiger partial charge is 0.392 e. The van der Waals surface area contributed by atoms with Gasteiger partial charge in [0.25, 0.3) is 0 Å². The van der Waals surface area contributed by atoms with E-state index in [1.54, 1.807) is 0 Å². The van der Waals surface area contributed by atoms with Crippen LogP contribution in [0.3, 0.4) is 0 Å². The molecule has 0 bridgehead atoms. The fraction of sp³-hybridized carbons (Fsp3) is 0.467. The predicted octanol–water partition coefficient (Wildman–Crippen LogP) is 1.82. The number of nitrogens with two attached hydrogens (primary N) is 1. The van der Waals surface area contributed by atoms with Crippen LogP contribution in [0.2, 0.25) is 0 Å². The fourth-order valence-electron chi connectivity index (χ4n) is 1.95. The Kier molecular flexibility index (Phi) is 7.18. The summed E-state index contributed by atoms with van der Waals surface area (Å²) < 4.78 is 0. The molecule has 1 rings (SSSR count). The van der Waals surface area contributed by atoms with E-state index >= 15 is 0 Å². The van der Waals surface area contributed by atoms with Crippen LogP contribution >= 0.6 is 0 Å². The number of likely N-dealkylation sites (N-methyl/N-ethyl adjacent to an activating group) is 1. The van der Waals surface area contributed by atoms with Gasteiger partial charge in [0.05, 0.1) is 6.61 Å². The van der Waals surface area contributed by atoms with Gasteiger partial charge < -0.3 is 21.5 Å². The second-order valence-electron chi connectivity index (χ2n) is 4.63. The van der Waals surface area contributed by atoms with Gasteiger partial charge in [0, 0.05) is 17.4 Å². The highest BCUT2D eigenvalue weighted by molar-refractivity contribution is 5.49. The molecule has 0 saturated heterocycles. The quantitative estimate of drug-likeness (QED) is 0.513. The summed E-state index contributed by atoms with van der Waals surface area (Å²) in [6.45, 7) is 4.89. The molecule has 1 aromatic carbocycles. The summed E-state index contributed by atoms with van der Waals surface area (Å²) in [5, 5.41) is 15.6. The first kappa shape index (κ1) is 15.7. The number of aliphatic hydroxyl groups excluding tert-OH is 1. The van der Waals surface area contributed by atoms with Crippen LogP contribution in [0.4, 0.5) is 5.69 Å². The number of aliphatic hydroxyl groups is 1. The Morgan fingerprint density at radius 1 is 1.32 bits per heavy atom. The molecular formula is C15H25N3O. The Balaban J connectivity index is 2.50. The number of anilines is 1. The van der Waals surface area contributed by atoms with E-state index in [0.29, 0.717) is 0 Å². The van der Waals surface area contributed by atoms with Gasteiger partial charge in [-0.1, -0.05) is 25.1 Å². The molecule has 0 aliphatic carbocycles. The zero-order valence-electron chi connectivity index (χ0n) is 11.7. The molecule has 4 nitrogen and oxygen atoms in total. The van der Waals surface area contributed by atoms with Gasteiger partial charge in [-0.05, 0) is 44.1 Å². The lowest BCUT2D eigenvalue weighted by molar-refractivity contribution is 0.282. The number of rotatable bonds is 9. The molecule has 4 heteroatoms. The summed E-state index contributed by atoms with van der Waals surface area (Å²) in [4.78, 5) is 0. The zero-order chi connectivity index (χ0) is 14.1. The second-order valence-corrected chi connectivity index (χ2v) is 4.63. The first-order valence-electron chi connectivity index (χ1n) is 6.74. The third-order valence-electron chi connectivity index (χ3n) is 3.16. The molecule has 0 amide bonds. The number of hydrogen-bond donors (Lipinski definition) is 4. The van der Waals surface area contributed by atoms with Crippen LogP contribution in [0.1, 0.15) is 24.8 Å². The van der Waals surface area contributed by atoms with Crippen molar-refractivity contribution >= 4 is 5.69 Å². The average Bonchev–Trinajstić information content (AvgIpc) is 2.44. The SMILES string of the molecule is C=C(Nc1ccc(CO)cc1)C(CCCCN)NC. The van der Waals surface area contributed by atoms with Crippen LogP contribution in [0.25, 0.3) is 0 Å². The Labute approximate surface area is 115 Å². The molecular weight excluding hydrogens is 238 g/mol. The van der Waals surface area contributed by atoms with E-state index in [1.807, 2.05) is 31.3 Å². The van der Waals surface area contributed by atoms with Crippen molar-refractivity contribution in [3.05, 3.63) is 42.1 Å². The van der Waals surface area contributed by atoms with E-state index in [9.17, 15) is 0 Å². The van der Waals surface area contributed by atoms with Crippen molar-refractivity contribution in [2.75, 3.05) is 18.9 Å². The molecule has 1 unspecified atom stereocenters. The van der Waals surface area contributed by atoms with Gasteiger partial charge in [-0.3, -0.25) is 0 Å². The monoisotopic (exact) mass is 263 g/mol. The Morgan fingerprint density at radius 2 is 2.00 bits per heavy atom. The number of nitrogens with one attached hydrogen (secondary N) is 2. The minimum absolute atomic E-state index is 0.0689. The molecule has 0 fully saturated rings. The van der Waals surface area contributed by atoms with Crippen molar-refractivity contribution < 1.29 is 5.11 Å². The van der Waals surface area contributed by atoms with E-state index in [2.05, 4.69) is 17.2 Å². The third-order valence-corrected chi connectivity index (χ3v) is 3.16. The molecule has 106 valence electrons. The van der Waals surface area contributed by atoms with Gasteiger partial charge in [-0.15, -0.1) is 0 Å². The van der Waals surface area contributed by atoms with Crippen LogP contribution in [0.15, 0.2) is 36.5 Å². The lowest BCUT2D eigenvalue weighted by Gasteiger charge is -2.20. The molecule has 5 N–H and O–H groups in total. The topological polar surface area (TPSA) is 70.3 Å². The van der Waals surface area contributed by atoms with Gasteiger partial charge >= 0.3 is 0 Å². The summed E-state index contributed by atoms with van der Waals surface area (Å²) in [6, 6.07) is 7.94. The summed E-state index contributed by atoms with van der Waals surface area (Å²) in [7, 11) is 1.94. The Hall–Kier alpha value is -1.36. The summed E-state index contributed by atoms with van der Waals surface area (Å²) >= 11 is 0. The number of unbranched alkanes of at least 4 members (excludes halogenated alkanes) is 1. The van der Waals surface area contributed by atoms with Crippen LogP contribution < -0.4 is 16.4 Å². The van der Waals surface area contributed by atoms with Crippen molar-refractivity contribution in [2.24, 2.45) is 5.73 Å². The maximum absolute atomic E-state index is 9.00. The highest BCUT2D eigenvalue weighted by atomic mass is 16.3.